The molecule has 0 radical (unpaired) electrons. The fourth-order valence-corrected chi connectivity index (χ4v) is 1.98. The van der Waals surface area contributed by atoms with Gasteiger partial charge in [-0.1, -0.05) is 12.1 Å². The molecule has 0 spiro atoms. The minimum absolute atomic E-state index is 0.0564. The van der Waals surface area contributed by atoms with E-state index in [1.165, 1.54) is 4.90 Å². The Bertz CT molecular complexity index is 485. The summed E-state index contributed by atoms with van der Waals surface area (Å²) in [6, 6.07) is 5.87. The van der Waals surface area contributed by atoms with Gasteiger partial charge in [0.15, 0.2) is 0 Å². The molecule has 0 aliphatic carbocycles. The number of rotatable bonds is 3. The minimum atomic E-state index is -0.916. The predicted octanol–water partition coefficient (Wildman–Crippen LogP) is 1.72. The second-order valence-corrected chi connectivity index (χ2v) is 4.49. The van der Waals surface area contributed by atoms with E-state index in [2.05, 4.69) is 5.32 Å². The fraction of sp³-hybridized carbons (Fsp3) is 0.385. The number of carboxylic acid groups (broad SMARTS) is 1. The lowest BCUT2D eigenvalue weighted by molar-refractivity contribution is -0.116. The van der Waals surface area contributed by atoms with Gasteiger partial charge >= 0.3 is 6.09 Å². The van der Waals surface area contributed by atoms with Gasteiger partial charge in [-0.3, -0.25) is 4.79 Å². The monoisotopic (exact) mass is 248 g/mol. The van der Waals surface area contributed by atoms with Gasteiger partial charge in [0, 0.05) is 25.7 Å². The van der Waals surface area contributed by atoms with E-state index in [0.29, 0.717) is 19.4 Å². The van der Waals surface area contributed by atoms with Crippen LogP contribution in [0.5, 0.6) is 0 Å². The van der Waals surface area contributed by atoms with Crippen LogP contribution in [0.4, 0.5) is 10.5 Å². The molecule has 5 nitrogen and oxygen atoms in total. The first-order valence-electron chi connectivity index (χ1n) is 5.92. The molecule has 18 heavy (non-hydrogen) atoms. The normalized spacial score (nSPS) is 13.7. The van der Waals surface area contributed by atoms with Gasteiger partial charge in [0.2, 0.25) is 5.91 Å². The van der Waals surface area contributed by atoms with Gasteiger partial charge in [0.25, 0.3) is 0 Å². The average Bonchev–Trinajstić information content (AvgIpc) is 2.35. The Morgan fingerprint density at radius 2 is 2.22 bits per heavy atom. The van der Waals surface area contributed by atoms with Crippen molar-refractivity contribution in [3.05, 3.63) is 29.3 Å². The van der Waals surface area contributed by atoms with Crippen LogP contribution < -0.4 is 5.32 Å². The van der Waals surface area contributed by atoms with E-state index in [0.717, 1.165) is 23.2 Å². The number of amides is 2. The van der Waals surface area contributed by atoms with Gasteiger partial charge in [-0.25, -0.2) is 4.79 Å². The molecule has 2 N–H and O–H groups in total. The molecule has 1 aliphatic rings. The van der Waals surface area contributed by atoms with Gasteiger partial charge in [-0.15, -0.1) is 0 Å². The van der Waals surface area contributed by atoms with Crippen molar-refractivity contribution in [3.63, 3.8) is 0 Å². The van der Waals surface area contributed by atoms with E-state index in [1.54, 1.807) is 7.05 Å². The summed E-state index contributed by atoms with van der Waals surface area (Å²) in [6.07, 6.45) is 1.04. The maximum Gasteiger partial charge on any atom is 0.407 e. The first-order chi connectivity index (χ1) is 8.56. The van der Waals surface area contributed by atoms with Gasteiger partial charge in [0.1, 0.15) is 0 Å². The Kier molecular flexibility index (Phi) is 3.50. The molecule has 1 aromatic rings. The number of likely N-dealkylation sites (N-methyl/N-ethyl adjacent to an activating group) is 1. The zero-order valence-electron chi connectivity index (χ0n) is 10.3. The summed E-state index contributed by atoms with van der Waals surface area (Å²) in [5, 5.41) is 11.6. The van der Waals surface area contributed by atoms with Crippen molar-refractivity contribution in [2.75, 3.05) is 18.9 Å². The molecule has 0 unspecified atom stereocenters. The summed E-state index contributed by atoms with van der Waals surface area (Å²) < 4.78 is 0. The quantitative estimate of drug-likeness (QED) is 0.855. The van der Waals surface area contributed by atoms with Crippen molar-refractivity contribution in [1.29, 1.82) is 0 Å². The molecule has 0 aromatic heterocycles. The van der Waals surface area contributed by atoms with Crippen LogP contribution >= 0.6 is 0 Å². The van der Waals surface area contributed by atoms with Crippen molar-refractivity contribution in [3.8, 4) is 0 Å². The molecule has 1 aromatic carbocycles. The van der Waals surface area contributed by atoms with Gasteiger partial charge in [0.05, 0.1) is 0 Å². The Balaban J connectivity index is 2.03. The second-order valence-electron chi connectivity index (χ2n) is 4.49. The molecule has 0 saturated carbocycles. The lowest BCUT2D eigenvalue weighted by Crippen LogP contribution is -2.27. The number of carbonyl (C=O) groups is 2. The molecule has 0 fully saturated rings. The van der Waals surface area contributed by atoms with E-state index >= 15 is 0 Å². The highest BCUT2D eigenvalue weighted by Gasteiger charge is 2.14. The number of carbonyl (C=O) groups excluding carboxylic acids is 1. The van der Waals surface area contributed by atoms with Gasteiger partial charge in [-0.05, 0) is 30.0 Å². The number of benzene rings is 1. The summed E-state index contributed by atoms with van der Waals surface area (Å²) in [4.78, 5) is 23.2. The zero-order valence-corrected chi connectivity index (χ0v) is 10.3. The van der Waals surface area contributed by atoms with Crippen LogP contribution in [0.3, 0.4) is 0 Å². The number of nitrogens with zero attached hydrogens (tertiary/aromatic N) is 1. The third kappa shape index (κ3) is 2.80. The molecule has 0 bridgehead atoms. The molecule has 2 rings (SSSR count). The zero-order chi connectivity index (χ0) is 13.1. The lowest BCUT2D eigenvalue weighted by Gasteiger charge is -2.18. The van der Waals surface area contributed by atoms with Crippen molar-refractivity contribution < 1.29 is 14.7 Å². The highest BCUT2D eigenvalue weighted by Crippen LogP contribution is 2.23. The molecule has 2 amide bonds. The van der Waals surface area contributed by atoms with E-state index in [4.69, 9.17) is 5.11 Å². The van der Waals surface area contributed by atoms with E-state index in [9.17, 15) is 9.59 Å². The van der Waals surface area contributed by atoms with Crippen LogP contribution in [-0.2, 0) is 17.6 Å². The number of nitrogens with one attached hydrogen (secondary N) is 1. The second kappa shape index (κ2) is 5.08. The standard InChI is InChI=1S/C13H16N2O3/c1-15(13(17)18)7-6-9-2-4-11-10(8-9)3-5-12(16)14-11/h2,4,8H,3,5-7H2,1H3,(H,14,16)(H,17,18). The molecular weight excluding hydrogens is 232 g/mol. The highest BCUT2D eigenvalue weighted by atomic mass is 16.4. The van der Waals surface area contributed by atoms with E-state index in [1.807, 2.05) is 18.2 Å². The third-order valence-electron chi connectivity index (χ3n) is 3.13. The number of aryl methyl sites for hydroxylation is 1. The van der Waals surface area contributed by atoms with Crippen LogP contribution in [0.2, 0.25) is 0 Å². The number of hydrogen-bond acceptors (Lipinski definition) is 2. The molecular formula is C13H16N2O3. The first-order valence-corrected chi connectivity index (χ1v) is 5.92. The summed E-state index contributed by atoms with van der Waals surface area (Å²) in [7, 11) is 1.56. The van der Waals surface area contributed by atoms with Crippen LogP contribution in [-0.4, -0.2) is 35.6 Å². The van der Waals surface area contributed by atoms with Gasteiger partial charge < -0.3 is 15.3 Å². The first kappa shape index (κ1) is 12.4. The third-order valence-corrected chi connectivity index (χ3v) is 3.13. The molecule has 0 saturated heterocycles. The lowest BCUT2D eigenvalue weighted by atomic mass is 9.99. The number of fused-ring (bicyclic) bond motifs is 1. The van der Waals surface area contributed by atoms with Crippen LogP contribution in [0.15, 0.2) is 18.2 Å². The number of anilines is 1. The predicted molar refractivity (Wildman–Crippen MR) is 67.8 cm³/mol. The van der Waals surface area contributed by atoms with E-state index in [-0.39, 0.29) is 5.91 Å². The maximum absolute atomic E-state index is 11.2. The number of hydrogen-bond donors (Lipinski definition) is 2. The molecule has 0 atom stereocenters. The van der Waals surface area contributed by atoms with Crippen molar-refractivity contribution in [1.82, 2.24) is 4.90 Å². The molecule has 5 heteroatoms. The SMILES string of the molecule is CN(CCc1ccc2c(c1)CCC(=O)N2)C(=O)O. The Morgan fingerprint density at radius 1 is 1.44 bits per heavy atom. The minimum Gasteiger partial charge on any atom is -0.465 e. The van der Waals surface area contributed by atoms with Crippen LogP contribution in [0.1, 0.15) is 17.5 Å². The Labute approximate surface area is 105 Å². The molecule has 1 heterocycles. The van der Waals surface area contributed by atoms with Crippen molar-refractivity contribution in [2.24, 2.45) is 0 Å². The fourth-order valence-electron chi connectivity index (χ4n) is 1.98. The molecule has 96 valence electrons. The average molecular weight is 248 g/mol. The maximum atomic E-state index is 11.2. The largest absolute Gasteiger partial charge is 0.465 e. The highest BCUT2D eigenvalue weighted by molar-refractivity contribution is 5.93. The summed E-state index contributed by atoms with van der Waals surface area (Å²) in [5.74, 6) is 0.0564. The van der Waals surface area contributed by atoms with E-state index < -0.39 is 6.09 Å². The van der Waals surface area contributed by atoms with Crippen LogP contribution in [0.25, 0.3) is 0 Å². The Morgan fingerprint density at radius 3 is 2.94 bits per heavy atom. The van der Waals surface area contributed by atoms with Crippen molar-refractivity contribution >= 4 is 17.7 Å². The molecule has 1 aliphatic heterocycles. The van der Waals surface area contributed by atoms with Crippen LogP contribution in [0, 0.1) is 0 Å². The van der Waals surface area contributed by atoms with Gasteiger partial charge in [-0.2, -0.15) is 0 Å². The summed E-state index contributed by atoms with van der Waals surface area (Å²) in [6.45, 7) is 0.473. The van der Waals surface area contributed by atoms with Crippen molar-refractivity contribution in [2.45, 2.75) is 19.3 Å². The summed E-state index contributed by atoms with van der Waals surface area (Å²) >= 11 is 0. The summed E-state index contributed by atoms with van der Waals surface area (Å²) in [5.41, 5.74) is 3.10. The topological polar surface area (TPSA) is 69.6 Å². The Hall–Kier alpha value is -2.04. The smallest absolute Gasteiger partial charge is 0.407 e.